The van der Waals surface area contributed by atoms with Crippen molar-refractivity contribution in [1.82, 2.24) is 0 Å². The highest BCUT2D eigenvalue weighted by Crippen LogP contribution is 2.26. The van der Waals surface area contributed by atoms with Gasteiger partial charge in [0.05, 0.1) is 4.47 Å². The van der Waals surface area contributed by atoms with Crippen LogP contribution >= 0.6 is 15.9 Å². The molecular weight excluding hydrogens is 318 g/mol. The maximum absolute atomic E-state index is 13.4. The van der Waals surface area contributed by atoms with Gasteiger partial charge in [0.15, 0.2) is 11.6 Å². The topological polar surface area (TPSA) is 26.3 Å². The SMILES string of the molecule is O=Cc1ccc(OCc2cccc(F)c2F)c(Br)c1. The van der Waals surface area contributed by atoms with Gasteiger partial charge >= 0.3 is 0 Å². The lowest BCUT2D eigenvalue weighted by atomic mass is 10.2. The number of carbonyl (C=O) groups excluding carboxylic acids is 1. The third-order valence-electron chi connectivity index (χ3n) is 2.51. The Bertz CT molecular complexity index is 614. The fourth-order valence-corrected chi connectivity index (χ4v) is 2.03. The van der Waals surface area contributed by atoms with Crippen molar-refractivity contribution in [2.45, 2.75) is 6.61 Å². The molecule has 2 nitrogen and oxygen atoms in total. The summed E-state index contributed by atoms with van der Waals surface area (Å²) < 4.78 is 32.4. The van der Waals surface area contributed by atoms with E-state index in [1.807, 2.05) is 0 Å². The van der Waals surface area contributed by atoms with Crippen LogP contribution < -0.4 is 4.74 Å². The molecular formula is C14H9BrF2O2. The molecule has 0 spiro atoms. The molecule has 0 radical (unpaired) electrons. The molecule has 0 aliphatic heterocycles. The second-order valence-electron chi connectivity index (χ2n) is 3.81. The second kappa shape index (κ2) is 5.93. The van der Waals surface area contributed by atoms with Crippen molar-refractivity contribution in [2.24, 2.45) is 0 Å². The van der Waals surface area contributed by atoms with E-state index in [0.717, 1.165) is 6.07 Å². The van der Waals surface area contributed by atoms with Gasteiger partial charge in [0.2, 0.25) is 0 Å². The number of benzene rings is 2. The van der Waals surface area contributed by atoms with Crippen LogP contribution in [0.2, 0.25) is 0 Å². The van der Waals surface area contributed by atoms with Gasteiger partial charge in [-0.25, -0.2) is 8.78 Å². The zero-order chi connectivity index (χ0) is 13.8. The molecule has 98 valence electrons. The Morgan fingerprint density at radius 3 is 2.68 bits per heavy atom. The molecule has 0 amide bonds. The van der Waals surface area contributed by atoms with Gasteiger partial charge in [-0.15, -0.1) is 0 Å². The van der Waals surface area contributed by atoms with Crippen LogP contribution in [-0.4, -0.2) is 6.29 Å². The van der Waals surface area contributed by atoms with E-state index in [9.17, 15) is 13.6 Å². The van der Waals surface area contributed by atoms with Gasteiger partial charge < -0.3 is 4.74 Å². The van der Waals surface area contributed by atoms with Crippen molar-refractivity contribution in [3.8, 4) is 5.75 Å². The Balaban J connectivity index is 2.14. The smallest absolute Gasteiger partial charge is 0.165 e. The summed E-state index contributed by atoms with van der Waals surface area (Å²) in [6, 6.07) is 8.67. The first-order chi connectivity index (χ1) is 9.11. The number of ether oxygens (including phenoxy) is 1. The minimum absolute atomic E-state index is 0.0946. The lowest BCUT2D eigenvalue weighted by Gasteiger charge is -2.09. The molecule has 0 heterocycles. The second-order valence-corrected chi connectivity index (χ2v) is 4.66. The molecule has 0 aliphatic rings. The summed E-state index contributed by atoms with van der Waals surface area (Å²) in [5.74, 6) is -1.37. The Kier molecular flexibility index (Phi) is 4.27. The van der Waals surface area contributed by atoms with E-state index >= 15 is 0 Å². The molecule has 0 bridgehead atoms. The number of aldehydes is 1. The summed E-state index contributed by atoms with van der Waals surface area (Å²) in [4.78, 5) is 10.6. The van der Waals surface area contributed by atoms with E-state index in [-0.39, 0.29) is 12.2 Å². The monoisotopic (exact) mass is 326 g/mol. The Labute approximate surface area is 117 Å². The Hall–Kier alpha value is -1.75. The predicted octanol–water partition coefficient (Wildman–Crippen LogP) is 4.12. The van der Waals surface area contributed by atoms with Crippen molar-refractivity contribution in [1.29, 1.82) is 0 Å². The molecule has 0 saturated carbocycles. The van der Waals surface area contributed by atoms with Crippen LogP contribution in [0, 0.1) is 11.6 Å². The highest BCUT2D eigenvalue weighted by atomic mass is 79.9. The van der Waals surface area contributed by atoms with E-state index in [2.05, 4.69) is 15.9 Å². The van der Waals surface area contributed by atoms with E-state index in [4.69, 9.17) is 4.74 Å². The van der Waals surface area contributed by atoms with Crippen molar-refractivity contribution < 1.29 is 18.3 Å². The molecule has 0 aromatic heterocycles. The van der Waals surface area contributed by atoms with Gasteiger partial charge in [-0.05, 0) is 40.2 Å². The van der Waals surface area contributed by atoms with Crippen LogP contribution in [0.5, 0.6) is 5.75 Å². The van der Waals surface area contributed by atoms with Crippen molar-refractivity contribution in [3.63, 3.8) is 0 Å². The van der Waals surface area contributed by atoms with Crippen LogP contribution in [0.4, 0.5) is 8.78 Å². The van der Waals surface area contributed by atoms with E-state index < -0.39 is 11.6 Å². The molecule has 2 rings (SSSR count). The third-order valence-corrected chi connectivity index (χ3v) is 3.13. The molecule has 0 aliphatic carbocycles. The van der Waals surface area contributed by atoms with Gasteiger partial charge in [-0.3, -0.25) is 4.79 Å². The quantitative estimate of drug-likeness (QED) is 0.790. The van der Waals surface area contributed by atoms with Crippen LogP contribution in [-0.2, 0) is 6.61 Å². The minimum atomic E-state index is -0.914. The number of rotatable bonds is 4. The Morgan fingerprint density at radius 2 is 2.00 bits per heavy atom. The fraction of sp³-hybridized carbons (Fsp3) is 0.0714. The molecule has 0 atom stereocenters. The molecule has 0 saturated heterocycles. The first-order valence-electron chi connectivity index (χ1n) is 5.42. The lowest BCUT2D eigenvalue weighted by molar-refractivity contribution is 0.112. The van der Waals surface area contributed by atoms with Crippen molar-refractivity contribution in [3.05, 3.63) is 63.6 Å². The van der Waals surface area contributed by atoms with Crippen LogP contribution in [0.25, 0.3) is 0 Å². The van der Waals surface area contributed by atoms with E-state index in [1.54, 1.807) is 18.2 Å². The van der Waals surface area contributed by atoms with E-state index in [0.29, 0.717) is 22.1 Å². The van der Waals surface area contributed by atoms with Crippen LogP contribution in [0.1, 0.15) is 15.9 Å². The van der Waals surface area contributed by atoms with Gasteiger partial charge in [-0.1, -0.05) is 12.1 Å². The van der Waals surface area contributed by atoms with Gasteiger partial charge in [0.1, 0.15) is 18.6 Å². The summed E-state index contributed by atoms with van der Waals surface area (Å²) in [5.41, 5.74) is 0.627. The molecule has 19 heavy (non-hydrogen) atoms. The number of hydrogen-bond acceptors (Lipinski definition) is 2. The average Bonchev–Trinajstić information content (AvgIpc) is 2.41. The zero-order valence-electron chi connectivity index (χ0n) is 9.70. The van der Waals surface area contributed by atoms with Gasteiger partial charge in [0.25, 0.3) is 0 Å². The highest BCUT2D eigenvalue weighted by Gasteiger charge is 2.09. The number of halogens is 3. The summed E-state index contributed by atoms with van der Waals surface area (Å²) in [6.07, 6.45) is 0.709. The summed E-state index contributed by atoms with van der Waals surface area (Å²) in [7, 11) is 0. The van der Waals surface area contributed by atoms with E-state index in [1.165, 1.54) is 12.1 Å². The lowest BCUT2D eigenvalue weighted by Crippen LogP contribution is -2.01. The summed E-state index contributed by atoms with van der Waals surface area (Å²) >= 11 is 3.24. The normalized spacial score (nSPS) is 10.3. The van der Waals surface area contributed by atoms with Gasteiger partial charge in [-0.2, -0.15) is 0 Å². The first kappa shape index (κ1) is 13.7. The maximum Gasteiger partial charge on any atom is 0.165 e. The number of hydrogen-bond donors (Lipinski definition) is 0. The molecule has 0 fully saturated rings. The maximum atomic E-state index is 13.4. The van der Waals surface area contributed by atoms with Crippen molar-refractivity contribution in [2.75, 3.05) is 0 Å². The molecule has 0 unspecified atom stereocenters. The largest absolute Gasteiger partial charge is 0.488 e. The Morgan fingerprint density at radius 1 is 1.21 bits per heavy atom. The highest BCUT2D eigenvalue weighted by molar-refractivity contribution is 9.10. The minimum Gasteiger partial charge on any atom is -0.488 e. The predicted molar refractivity (Wildman–Crippen MR) is 70.2 cm³/mol. The molecule has 5 heteroatoms. The average molecular weight is 327 g/mol. The fourth-order valence-electron chi connectivity index (χ4n) is 1.52. The first-order valence-corrected chi connectivity index (χ1v) is 6.21. The van der Waals surface area contributed by atoms with Crippen LogP contribution in [0.3, 0.4) is 0 Å². The summed E-state index contributed by atoms with van der Waals surface area (Å²) in [5, 5.41) is 0. The molecule has 2 aromatic carbocycles. The zero-order valence-corrected chi connectivity index (χ0v) is 11.3. The standard InChI is InChI=1S/C14H9BrF2O2/c15-11-6-9(7-18)4-5-13(11)19-8-10-2-1-3-12(16)14(10)17/h1-7H,8H2. The summed E-state index contributed by atoms with van der Waals surface area (Å²) in [6.45, 7) is -0.0946. The van der Waals surface area contributed by atoms with Crippen molar-refractivity contribution >= 4 is 22.2 Å². The third kappa shape index (κ3) is 3.17. The molecule has 2 aromatic rings. The van der Waals surface area contributed by atoms with Crippen LogP contribution in [0.15, 0.2) is 40.9 Å². The molecule has 0 N–H and O–H groups in total. The van der Waals surface area contributed by atoms with Gasteiger partial charge in [0, 0.05) is 11.1 Å². The number of carbonyl (C=O) groups is 1.